The molecule has 0 spiro atoms. The quantitative estimate of drug-likeness (QED) is 0.373. The van der Waals surface area contributed by atoms with Gasteiger partial charge in [0.15, 0.2) is 0 Å². The number of unbranched alkanes of at least 4 members (excludes halogenated alkanes) is 5. The Morgan fingerprint density at radius 2 is 1.77 bits per heavy atom. The smallest absolute Gasteiger partial charge is 0.305 e. The molecule has 1 saturated carbocycles. The van der Waals surface area contributed by atoms with Crippen molar-refractivity contribution in [3.8, 4) is 0 Å². The highest BCUT2D eigenvalue weighted by molar-refractivity contribution is 5.83. The van der Waals surface area contributed by atoms with Crippen molar-refractivity contribution < 1.29 is 14.3 Å². The first-order valence-corrected chi connectivity index (χ1v) is 9.37. The lowest BCUT2D eigenvalue weighted by Crippen LogP contribution is -2.15. The van der Waals surface area contributed by atoms with Crippen LogP contribution in [0.25, 0.3) is 0 Å². The Bertz CT molecular complexity index is 325. The molecule has 0 saturated heterocycles. The molecule has 128 valence electrons. The number of Topliss-reactive ketones (excluding diaryl/α,β-unsaturated/α-hetero) is 1. The molecule has 0 amide bonds. The van der Waals surface area contributed by atoms with E-state index in [0.717, 1.165) is 44.9 Å². The number of ketones is 1. The second kappa shape index (κ2) is 11.7. The lowest BCUT2D eigenvalue weighted by atomic mass is 9.86. The van der Waals surface area contributed by atoms with E-state index >= 15 is 0 Å². The van der Waals surface area contributed by atoms with Gasteiger partial charge in [0.1, 0.15) is 5.78 Å². The zero-order chi connectivity index (χ0) is 16.2. The van der Waals surface area contributed by atoms with Gasteiger partial charge in [0.05, 0.1) is 6.61 Å². The van der Waals surface area contributed by atoms with Gasteiger partial charge in [-0.05, 0) is 38.5 Å². The zero-order valence-corrected chi connectivity index (χ0v) is 14.6. The predicted molar refractivity (Wildman–Crippen MR) is 89.7 cm³/mol. The van der Waals surface area contributed by atoms with Crippen molar-refractivity contribution >= 4 is 11.8 Å². The number of carbonyl (C=O) groups is 2. The topological polar surface area (TPSA) is 43.4 Å². The Hall–Kier alpha value is -0.860. The molecular formula is C19H34O3. The Morgan fingerprint density at radius 3 is 2.50 bits per heavy atom. The molecule has 0 heterocycles. The molecule has 0 aliphatic heterocycles. The lowest BCUT2D eigenvalue weighted by Gasteiger charge is -2.18. The van der Waals surface area contributed by atoms with Gasteiger partial charge in [-0.15, -0.1) is 0 Å². The average Bonchev–Trinajstić information content (AvgIpc) is 2.84. The molecule has 0 bridgehead atoms. The first kappa shape index (κ1) is 19.2. The number of hydrogen-bond acceptors (Lipinski definition) is 3. The summed E-state index contributed by atoms with van der Waals surface area (Å²) in [4.78, 5) is 23.3. The van der Waals surface area contributed by atoms with E-state index in [1.807, 2.05) is 6.92 Å². The SMILES string of the molecule is CCCCC[C@H]1CCC(=O)[C@@H]1CCCCCCC(=O)OCC. The van der Waals surface area contributed by atoms with E-state index in [1.165, 1.54) is 25.7 Å². The van der Waals surface area contributed by atoms with Crippen molar-refractivity contribution in [1.82, 2.24) is 0 Å². The lowest BCUT2D eigenvalue weighted by molar-refractivity contribution is -0.143. The molecule has 2 atom stereocenters. The van der Waals surface area contributed by atoms with E-state index in [0.29, 0.717) is 30.6 Å². The summed E-state index contributed by atoms with van der Waals surface area (Å²) in [5.41, 5.74) is 0. The normalized spacial score (nSPS) is 21.3. The summed E-state index contributed by atoms with van der Waals surface area (Å²) in [6.45, 7) is 4.54. The molecule has 0 aromatic rings. The third-order valence-corrected chi connectivity index (χ3v) is 4.87. The first-order valence-electron chi connectivity index (χ1n) is 9.37. The van der Waals surface area contributed by atoms with Crippen molar-refractivity contribution in [2.24, 2.45) is 11.8 Å². The average molecular weight is 310 g/mol. The number of rotatable bonds is 12. The second-order valence-electron chi connectivity index (χ2n) is 6.63. The van der Waals surface area contributed by atoms with Crippen molar-refractivity contribution in [2.75, 3.05) is 6.61 Å². The van der Waals surface area contributed by atoms with Crippen LogP contribution in [0.5, 0.6) is 0 Å². The minimum Gasteiger partial charge on any atom is -0.466 e. The Morgan fingerprint density at radius 1 is 1.05 bits per heavy atom. The second-order valence-corrected chi connectivity index (χ2v) is 6.63. The van der Waals surface area contributed by atoms with Gasteiger partial charge in [0.2, 0.25) is 0 Å². The van der Waals surface area contributed by atoms with Gasteiger partial charge >= 0.3 is 5.97 Å². The van der Waals surface area contributed by atoms with Crippen LogP contribution < -0.4 is 0 Å². The molecule has 1 rings (SSSR count). The molecule has 1 fully saturated rings. The first-order chi connectivity index (χ1) is 10.7. The fourth-order valence-electron chi connectivity index (χ4n) is 3.60. The van der Waals surface area contributed by atoms with Crippen LogP contribution in [0, 0.1) is 11.8 Å². The fourth-order valence-corrected chi connectivity index (χ4v) is 3.60. The summed E-state index contributed by atoms with van der Waals surface area (Å²) in [6, 6.07) is 0. The molecule has 3 nitrogen and oxygen atoms in total. The van der Waals surface area contributed by atoms with Crippen molar-refractivity contribution in [3.05, 3.63) is 0 Å². The van der Waals surface area contributed by atoms with Gasteiger partial charge in [-0.2, -0.15) is 0 Å². The maximum absolute atomic E-state index is 12.0. The van der Waals surface area contributed by atoms with Crippen molar-refractivity contribution in [2.45, 2.75) is 90.9 Å². The number of hydrogen-bond donors (Lipinski definition) is 0. The van der Waals surface area contributed by atoms with Crippen LogP contribution >= 0.6 is 0 Å². The molecule has 3 heteroatoms. The summed E-state index contributed by atoms with van der Waals surface area (Å²) < 4.78 is 4.92. The van der Waals surface area contributed by atoms with Crippen molar-refractivity contribution in [1.29, 1.82) is 0 Å². The maximum Gasteiger partial charge on any atom is 0.305 e. The highest BCUT2D eigenvalue weighted by atomic mass is 16.5. The fraction of sp³-hybridized carbons (Fsp3) is 0.895. The highest BCUT2D eigenvalue weighted by Gasteiger charge is 2.33. The van der Waals surface area contributed by atoms with E-state index in [2.05, 4.69) is 6.92 Å². The summed E-state index contributed by atoms with van der Waals surface area (Å²) >= 11 is 0. The van der Waals surface area contributed by atoms with Crippen LogP contribution in [0.1, 0.15) is 90.9 Å². The minimum atomic E-state index is -0.0792. The largest absolute Gasteiger partial charge is 0.466 e. The number of carbonyl (C=O) groups excluding carboxylic acids is 2. The predicted octanol–water partition coefficient (Wildman–Crippen LogP) is 5.07. The van der Waals surface area contributed by atoms with Crippen LogP contribution in [0.3, 0.4) is 0 Å². The monoisotopic (exact) mass is 310 g/mol. The van der Waals surface area contributed by atoms with E-state index in [4.69, 9.17) is 4.74 Å². The summed E-state index contributed by atoms with van der Waals surface area (Å²) in [7, 11) is 0. The Labute approximate surface area is 136 Å². The molecule has 0 unspecified atom stereocenters. The van der Waals surface area contributed by atoms with Crippen LogP contribution in [0.4, 0.5) is 0 Å². The standard InChI is InChI=1S/C19H34O3/c1-3-5-8-11-16-14-15-18(20)17(16)12-9-6-7-10-13-19(21)22-4-2/h16-17H,3-15H2,1-2H3/t16-,17+/m0/s1. The molecular weight excluding hydrogens is 276 g/mol. The van der Waals surface area contributed by atoms with Crippen LogP contribution in [-0.4, -0.2) is 18.4 Å². The third kappa shape index (κ3) is 7.42. The van der Waals surface area contributed by atoms with Gasteiger partial charge in [-0.3, -0.25) is 9.59 Å². The van der Waals surface area contributed by atoms with Crippen LogP contribution in [0.2, 0.25) is 0 Å². The zero-order valence-electron chi connectivity index (χ0n) is 14.6. The number of esters is 1. The van der Waals surface area contributed by atoms with Gasteiger partial charge in [-0.25, -0.2) is 0 Å². The van der Waals surface area contributed by atoms with Crippen LogP contribution in [0.15, 0.2) is 0 Å². The molecule has 0 aromatic carbocycles. The van der Waals surface area contributed by atoms with E-state index in [1.54, 1.807) is 0 Å². The Kier molecular flexibility index (Phi) is 10.2. The summed E-state index contributed by atoms with van der Waals surface area (Å²) in [6.07, 6.45) is 12.9. The molecule has 22 heavy (non-hydrogen) atoms. The van der Waals surface area contributed by atoms with Gasteiger partial charge in [0.25, 0.3) is 0 Å². The van der Waals surface area contributed by atoms with Gasteiger partial charge in [0, 0.05) is 18.8 Å². The molecule has 0 aromatic heterocycles. The van der Waals surface area contributed by atoms with E-state index in [-0.39, 0.29) is 5.97 Å². The van der Waals surface area contributed by atoms with Gasteiger partial charge < -0.3 is 4.74 Å². The minimum absolute atomic E-state index is 0.0792. The molecule has 1 aliphatic rings. The van der Waals surface area contributed by atoms with E-state index < -0.39 is 0 Å². The molecule has 1 aliphatic carbocycles. The van der Waals surface area contributed by atoms with E-state index in [9.17, 15) is 9.59 Å². The highest BCUT2D eigenvalue weighted by Crippen LogP contribution is 2.36. The van der Waals surface area contributed by atoms with Crippen molar-refractivity contribution in [3.63, 3.8) is 0 Å². The molecule has 0 N–H and O–H groups in total. The Balaban J connectivity index is 2.11. The number of ether oxygens (including phenoxy) is 1. The molecule has 0 radical (unpaired) electrons. The van der Waals surface area contributed by atoms with Gasteiger partial charge in [-0.1, -0.05) is 45.4 Å². The summed E-state index contributed by atoms with van der Waals surface area (Å²) in [5.74, 6) is 1.41. The third-order valence-electron chi connectivity index (χ3n) is 4.87. The maximum atomic E-state index is 12.0. The summed E-state index contributed by atoms with van der Waals surface area (Å²) in [5, 5.41) is 0. The van der Waals surface area contributed by atoms with Crippen LogP contribution in [-0.2, 0) is 14.3 Å².